The first-order valence-electron chi connectivity index (χ1n) is 12.8. The number of likely N-dealkylation sites (tertiary alicyclic amines) is 1. The highest BCUT2D eigenvalue weighted by atomic mass is 32.2. The molecule has 1 aromatic rings. The zero-order chi connectivity index (χ0) is 24.1. The zero-order valence-corrected chi connectivity index (χ0v) is 21.0. The monoisotopic (exact) mass is 490 g/mol. The van der Waals surface area contributed by atoms with Gasteiger partial charge < -0.3 is 15.5 Å². The van der Waals surface area contributed by atoms with Crippen molar-refractivity contribution >= 4 is 22.0 Å². The van der Waals surface area contributed by atoms with Gasteiger partial charge in [-0.05, 0) is 68.7 Å². The summed E-state index contributed by atoms with van der Waals surface area (Å²) in [5.74, 6) is 0.344. The first-order valence-corrected chi connectivity index (χ1v) is 14.2. The van der Waals surface area contributed by atoms with Crippen LogP contribution in [-0.4, -0.2) is 67.8 Å². The molecule has 4 rings (SSSR count). The first kappa shape index (κ1) is 25.0. The summed E-state index contributed by atoms with van der Waals surface area (Å²) in [5, 5.41) is 6.21. The van der Waals surface area contributed by atoms with Gasteiger partial charge in [0, 0.05) is 43.8 Å². The van der Waals surface area contributed by atoms with E-state index in [1.165, 1.54) is 31.4 Å². The summed E-state index contributed by atoms with van der Waals surface area (Å²) in [4.78, 5) is 27.3. The molecule has 0 bridgehead atoms. The fourth-order valence-electron chi connectivity index (χ4n) is 5.16. The van der Waals surface area contributed by atoms with Gasteiger partial charge in [-0.15, -0.1) is 0 Å². The van der Waals surface area contributed by atoms with Gasteiger partial charge in [-0.3, -0.25) is 4.79 Å². The van der Waals surface area contributed by atoms with Crippen molar-refractivity contribution in [2.75, 3.05) is 26.2 Å². The molecule has 0 radical (unpaired) electrons. The molecule has 3 aliphatic rings. The van der Waals surface area contributed by atoms with Gasteiger partial charge in [-0.25, -0.2) is 13.2 Å². The molecule has 0 spiro atoms. The maximum absolute atomic E-state index is 12.9. The van der Waals surface area contributed by atoms with E-state index in [2.05, 4.69) is 17.6 Å². The predicted molar refractivity (Wildman–Crippen MR) is 131 cm³/mol. The molecule has 34 heavy (non-hydrogen) atoms. The van der Waals surface area contributed by atoms with Gasteiger partial charge in [-0.1, -0.05) is 26.2 Å². The van der Waals surface area contributed by atoms with Crippen LogP contribution in [-0.2, 0) is 10.0 Å². The minimum atomic E-state index is -3.52. The number of nitrogens with zero attached hydrogens (tertiary/aromatic N) is 2. The molecule has 3 fully saturated rings. The van der Waals surface area contributed by atoms with Crippen molar-refractivity contribution in [1.82, 2.24) is 19.8 Å². The third-order valence-electron chi connectivity index (χ3n) is 7.55. The smallest absolute Gasteiger partial charge is 0.317 e. The van der Waals surface area contributed by atoms with Crippen LogP contribution in [0.3, 0.4) is 0 Å². The fourth-order valence-corrected chi connectivity index (χ4v) is 6.63. The number of piperidine rings is 2. The van der Waals surface area contributed by atoms with Gasteiger partial charge in [0.25, 0.3) is 5.91 Å². The largest absolute Gasteiger partial charge is 0.349 e. The molecule has 2 saturated heterocycles. The Balaban J connectivity index is 1.25. The minimum Gasteiger partial charge on any atom is -0.349 e. The normalized spacial score (nSPS) is 21.9. The summed E-state index contributed by atoms with van der Waals surface area (Å²) < 4.78 is 27.3. The third-order valence-corrected chi connectivity index (χ3v) is 9.46. The van der Waals surface area contributed by atoms with Crippen LogP contribution in [0.1, 0.15) is 75.1 Å². The van der Waals surface area contributed by atoms with E-state index >= 15 is 0 Å². The molecule has 1 saturated carbocycles. The summed E-state index contributed by atoms with van der Waals surface area (Å²) in [6.07, 6.45) is 8.93. The second-order valence-electron chi connectivity index (χ2n) is 10.1. The number of sulfonamides is 1. The number of carbonyl (C=O) groups excluding carboxylic acids is 2. The van der Waals surface area contributed by atoms with Crippen LogP contribution in [0.2, 0.25) is 0 Å². The first-order chi connectivity index (χ1) is 16.3. The standard InChI is InChI=1S/C25H38N4O4S/c1-19-11-17-29(18-12-19)34(32,33)23-9-7-20(8-10-23)24(30)26-22-13-15-28(16-14-22)25(31)27-21-5-3-2-4-6-21/h7-10,19,21-22H,2-6,11-18H2,1H3,(H,26,30)(H,27,31). The highest BCUT2D eigenvalue weighted by Gasteiger charge is 2.29. The molecule has 3 amide bonds. The quantitative estimate of drug-likeness (QED) is 0.661. The van der Waals surface area contributed by atoms with Gasteiger partial charge in [0.15, 0.2) is 0 Å². The van der Waals surface area contributed by atoms with E-state index in [1.807, 2.05) is 4.90 Å². The number of amides is 3. The van der Waals surface area contributed by atoms with E-state index in [-0.39, 0.29) is 22.9 Å². The molecule has 8 nitrogen and oxygen atoms in total. The summed E-state index contributed by atoms with van der Waals surface area (Å²) in [5.41, 5.74) is 0.448. The summed E-state index contributed by atoms with van der Waals surface area (Å²) >= 11 is 0. The lowest BCUT2D eigenvalue weighted by Crippen LogP contribution is -2.51. The van der Waals surface area contributed by atoms with E-state index in [0.29, 0.717) is 56.5 Å². The van der Waals surface area contributed by atoms with Crippen molar-refractivity contribution in [3.63, 3.8) is 0 Å². The molecule has 2 N–H and O–H groups in total. The van der Waals surface area contributed by atoms with Crippen molar-refractivity contribution < 1.29 is 18.0 Å². The molecule has 1 aromatic carbocycles. The van der Waals surface area contributed by atoms with E-state index < -0.39 is 10.0 Å². The molecule has 0 atom stereocenters. The van der Waals surface area contributed by atoms with Crippen molar-refractivity contribution in [1.29, 1.82) is 0 Å². The van der Waals surface area contributed by atoms with Gasteiger partial charge in [0.2, 0.25) is 10.0 Å². The summed E-state index contributed by atoms with van der Waals surface area (Å²) in [6, 6.07) is 6.54. The van der Waals surface area contributed by atoms with Gasteiger partial charge in [0.1, 0.15) is 0 Å². The average molecular weight is 491 g/mol. The van der Waals surface area contributed by atoms with Crippen molar-refractivity contribution in [3.8, 4) is 0 Å². The second kappa shape index (κ2) is 11.1. The highest BCUT2D eigenvalue weighted by molar-refractivity contribution is 7.89. The van der Waals surface area contributed by atoms with Crippen LogP contribution < -0.4 is 10.6 Å². The number of urea groups is 1. The van der Waals surface area contributed by atoms with E-state index in [1.54, 1.807) is 16.4 Å². The Morgan fingerprint density at radius 3 is 2.00 bits per heavy atom. The topological polar surface area (TPSA) is 98.8 Å². The minimum absolute atomic E-state index is 0.00461. The summed E-state index contributed by atoms with van der Waals surface area (Å²) in [6.45, 7) is 4.48. The Morgan fingerprint density at radius 2 is 1.38 bits per heavy atom. The molecular formula is C25H38N4O4S. The highest BCUT2D eigenvalue weighted by Crippen LogP contribution is 2.24. The second-order valence-corrected chi connectivity index (χ2v) is 12.1. The van der Waals surface area contributed by atoms with Gasteiger partial charge in [0.05, 0.1) is 4.90 Å². The average Bonchev–Trinajstić information content (AvgIpc) is 2.85. The molecular weight excluding hydrogens is 452 g/mol. The number of nitrogens with one attached hydrogen (secondary N) is 2. The molecule has 9 heteroatoms. The lowest BCUT2D eigenvalue weighted by molar-refractivity contribution is 0.0917. The zero-order valence-electron chi connectivity index (χ0n) is 20.2. The van der Waals surface area contributed by atoms with Crippen LogP contribution >= 0.6 is 0 Å². The number of carbonyl (C=O) groups is 2. The lowest BCUT2D eigenvalue weighted by Gasteiger charge is -2.34. The Bertz CT molecular complexity index is 944. The van der Waals surface area contributed by atoms with Crippen LogP contribution in [0.5, 0.6) is 0 Å². The number of hydrogen-bond acceptors (Lipinski definition) is 4. The van der Waals surface area contributed by atoms with Gasteiger partial charge >= 0.3 is 6.03 Å². The summed E-state index contributed by atoms with van der Waals surface area (Å²) in [7, 11) is -3.52. The van der Waals surface area contributed by atoms with Crippen LogP contribution in [0.4, 0.5) is 4.79 Å². The Kier molecular flexibility index (Phi) is 8.14. The third kappa shape index (κ3) is 6.10. The van der Waals surface area contributed by atoms with Crippen molar-refractivity contribution in [2.24, 2.45) is 5.92 Å². The van der Waals surface area contributed by atoms with E-state index in [0.717, 1.165) is 25.7 Å². The molecule has 0 unspecified atom stereocenters. The van der Waals surface area contributed by atoms with Crippen LogP contribution in [0.15, 0.2) is 29.2 Å². The molecule has 0 aromatic heterocycles. The Hall–Kier alpha value is -2.13. The number of benzene rings is 1. The Labute approximate surface area is 203 Å². The number of hydrogen-bond donors (Lipinski definition) is 2. The maximum atomic E-state index is 12.9. The predicted octanol–water partition coefficient (Wildman–Crippen LogP) is 3.34. The molecule has 188 valence electrons. The maximum Gasteiger partial charge on any atom is 0.317 e. The Morgan fingerprint density at radius 1 is 0.794 bits per heavy atom. The van der Waals surface area contributed by atoms with Crippen LogP contribution in [0.25, 0.3) is 0 Å². The van der Waals surface area contributed by atoms with Crippen molar-refractivity contribution in [2.45, 2.75) is 81.7 Å². The fraction of sp³-hybridized carbons (Fsp3) is 0.680. The molecule has 2 heterocycles. The van der Waals surface area contributed by atoms with E-state index in [9.17, 15) is 18.0 Å². The molecule has 1 aliphatic carbocycles. The van der Waals surface area contributed by atoms with Crippen LogP contribution in [0, 0.1) is 5.92 Å². The molecule has 2 aliphatic heterocycles. The SMILES string of the molecule is CC1CCN(S(=O)(=O)c2ccc(C(=O)NC3CCN(C(=O)NC4CCCCC4)CC3)cc2)CC1. The van der Waals surface area contributed by atoms with Gasteiger partial charge in [-0.2, -0.15) is 4.31 Å². The lowest BCUT2D eigenvalue weighted by atomic mass is 9.95. The van der Waals surface area contributed by atoms with E-state index in [4.69, 9.17) is 0 Å². The van der Waals surface area contributed by atoms with Crippen molar-refractivity contribution in [3.05, 3.63) is 29.8 Å². The number of rotatable bonds is 5.